The normalized spacial score (nSPS) is 15.9. The topological polar surface area (TPSA) is 63.9 Å². The number of rotatable bonds is 4. The summed E-state index contributed by atoms with van der Waals surface area (Å²) in [6, 6.07) is 3.77. The summed E-state index contributed by atoms with van der Waals surface area (Å²) in [5.41, 5.74) is 0.923. The standard InChI is InChI=1S/C19H23N5OS/c1-13(2)16-9-17(25)24(12-22-16)10-14-3-6-23(7-4-14)18-15-5-8-26-19(15)21-11-20-18/h5,8-9,11-14H,3-4,6-7,10H2,1-2H3. The lowest BCUT2D eigenvalue weighted by atomic mass is 9.96. The maximum Gasteiger partial charge on any atom is 0.253 e. The Bertz CT molecular complexity index is 956. The molecular weight excluding hydrogens is 346 g/mol. The zero-order valence-corrected chi connectivity index (χ0v) is 15.9. The zero-order chi connectivity index (χ0) is 18.1. The summed E-state index contributed by atoms with van der Waals surface area (Å²) >= 11 is 1.65. The minimum absolute atomic E-state index is 0.0573. The van der Waals surface area contributed by atoms with Crippen molar-refractivity contribution in [3.63, 3.8) is 0 Å². The molecule has 0 spiro atoms. The van der Waals surface area contributed by atoms with Crippen LogP contribution in [0.25, 0.3) is 10.2 Å². The van der Waals surface area contributed by atoms with Crippen molar-refractivity contribution in [3.05, 3.63) is 46.2 Å². The van der Waals surface area contributed by atoms with Crippen LogP contribution in [0.1, 0.15) is 38.3 Å². The van der Waals surface area contributed by atoms with E-state index in [4.69, 9.17) is 0 Å². The number of thiophene rings is 1. The van der Waals surface area contributed by atoms with Gasteiger partial charge in [-0.15, -0.1) is 11.3 Å². The van der Waals surface area contributed by atoms with Gasteiger partial charge >= 0.3 is 0 Å². The molecule has 0 bridgehead atoms. The molecule has 0 amide bonds. The Labute approximate surface area is 156 Å². The Morgan fingerprint density at radius 2 is 2.04 bits per heavy atom. The van der Waals surface area contributed by atoms with Crippen molar-refractivity contribution in [2.24, 2.45) is 5.92 Å². The number of piperidine rings is 1. The number of hydrogen-bond acceptors (Lipinski definition) is 6. The van der Waals surface area contributed by atoms with Crippen LogP contribution in [0.5, 0.6) is 0 Å². The van der Waals surface area contributed by atoms with Crippen LogP contribution in [0.15, 0.2) is 35.0 Å². The van der Waals surface area contributed by atoms with Crippen LogP contribution >= 0.6 is 11.3 Å². The van der Waals surface area contributed by atoms with E-state index in [2.05, 4.69) is 45.1 Å². The molecule has 0 aromatic carbocycles. The van der Waals surface area contributed by atoms with E-state index in [1.54, 1.807) is 34.6 Å². The van der Waals surface area contributed by atoms with Gasteiger partial charge in [0.2, 0.25) is 0 Å². The summed E-state index contributed by atoms with van der Waals surface area (Å²) < 4.78 is 1.76. The highest BCUT2D eigenvalue weighted by atomic mass is 32.1. The van der Waals surface area contributed by atoms with Gasteiger partial charge in [0.15, 0.2) is 0 Å². The Morgan fingerprint density at radius 3 is 2.77 bits per heavy atom. The van der Waals surface area contributed by atoms with Crippen molar-refractivity contribution in [3.8, 4) is 0 Å². The van der Waals surface area contributed by atoms with Crippen LogP contribution < -0.4 is 10.5 Å². The number of anilines is 1. The SMILES string of the molecule is CC(C)c1cc(=O)n(CC2CCN(c3ncnc4sccc34)CC2)cn1. The van der Waals surface area contributed by atoms with E-state index < -0.39 is 0 Å². The Morgan fingerprint density at radius 1 is 1.23 bits per heavy atom. The molecule has 0 atom stereocenters. The van der Waals surface area contributed by atoms with E-state index in [9.17, 15) is 4.79 Å². The van der Waals surface area contributed by atoms with Gasteiger partial charge in [0.1, 0.15) is 17.0 Å². The molecular formula is C19H23N5OS. The largest absolute Gasteiger partial charge is 0.356 e. The third-order valence-corrected chi connectivity index (χ3v) is 5.92. The van der Waals surface area contributed by atoms with E-state index in [-0.39, 0.29) is 11.5 Å². The van der Waals surface area contributed by atoms with Crippen LogP contribution in [0.4, 0.5) is 5.82 Å². The molecule has 1 fully saturated rings. The molecule has 1 aliphatic heterocycles. The van der Waals surface area contributed by atoms with E-state index >= 15 is 0 Å². The summed E-state index contributed by atoms with van der Waals surface area (Å²) in [4.78, 5) is 29.0. The summed E-state index contributed by atoms with van der Waals surface area (Å²) in [7, 11) is 0. The van der Waals surface area contributed by atoms with Crippen LogP contribution in [-0.2, 0) is 6.54 Å². The lowest BCUT2D eigenvalue weighted by Crippen LogP contribution is -2.37. The highest BCUT2D eigenvalue weighted by molar-refractivity contribution is 7.16. The van der Waals surface area contributed by atoms with E-state index in [1.807, 2.05) is 0 Å². The molecule has 0 radical (unpaired) electrons. The van der Waals surface area contributed by atoms with Gasteiger partial charge in [-0.25, -0.2) is 15.0 Å². The fourth-order valence-corrected chi connectivity index (χ4v) is 4.25. The molecule has 3 aromatic rings. The number of hydrogen-bond donors (Lipinski definition) is 0. The summed E-state index contributed by atoms with van der Waals surface area (Å²) in [5, 5.41) is 3.20. The average molecular weight is 369 g/mol. The Balaban J connectivity index is 1.43. The molecule has 0 unspecified atom stereocenters. The molecule has 1 aliphatic rings. The first-order chi connectivity index (χ1) is 12.6. The van der Waals surface area contributed by atoms with Gasteiger partial charge in [-0.05, 0) is 36.1 Å². The quantitative estimate of drug-likeness (QED) is 0.706. The number of nitrogens with zero attached hydrogens (tertiary/aromatic N) is 5. The molecule has 7 heteroatoms. The molecule has 136 valence electrons. The second kappa shape index (κ2) is 7.15. The summed E-state index contributed by atoms with van der Waals surface area (Å²) in [5.74, 6) is 1.81. The predicted octanol–water partition coefficient (Wildman–Crippen LogP) is 3.29. The van der Waals surface area contributed by atoms with Gasteiger partial charge in [0.25, 0.3) is 5.56 Å². The van der Waals surface area contributed by atoms with E-state index in [1.165, 1.54) is 0 Å². The molecule has 0 aliphatic carbocycles. The van der Waals surface area contributed by atoms with Gasteiger partial charge in [-0.3, -0.25) is 9.36 Å². The van der Waals surface area contributed by atoms with Crippen molar-refractivity contribution in [2.75, 3.05) is 18.0 Å². The van der Waals surface area contributed by atoms with Crippen LogP contribution in [0.2, 0.25) is 0 Å². The predicted molar refractivity (Wildman–Crippen MR) is 105 cm³/mol. The van der Waals surface area contributed by atoms with Crippen LogP contribution in [0, 0.1) is 5.92 Å². The van der Waals surface area contributed by atoms with Crippen LogP contribution in [-0.4, -0.2) is 32.6 Å². The van der Waals surface area contributed by atoms with E-state index in [0.717, 1.165) is 54.2 Å². The third-order valence-electron chi connectivity index (χ3n) is 5.10. The fraction of sp³-hybridized carbons (Fsp3) is 0.474. The highest BCUT2D eigenvalue weighted by Gasteiger charge is 2.22. The number of aromatic nitrogens is 4. The smallest absolute Gasteiger partial charge is 0.253 e. The first-order valence-corrected chi connectivity index (χ1v) is 9.99. The summed E-state index contributed by atoms with van der Waals surface area (Å²) in [6.07, 6.45) is 5.47. The second-order valence-electron chi connectivity index (χ2n) is 7.23. The molecule has 3 aromatic heterocycles. The van der Waals surface area contributed by atoms with Crippen molar-refractivity contribution < 1.29 is 0 Å². The first kappa shape index (κ1) is 17.1. The van der Waals surface area contributed by atoms with Gasteiger partial charge in [0, 0.05) is 25.7 Å². The molecule has 0 N–H and O–H groups in total. The Hall–Kier alpha value is -2.28. The van der Waals surface area contributed by atoms with Crippen molar-refractivity contribution in [1.82, 2.24) is 19.5 Å². The molecule has 4 rings (SSSR count). The molecule has 1 saturated heterocycles. The monoisotopic (exact) mass is 369 g/mol. The minimum atomic E-state index is 0.0573. The fourth-order valence-electron chi connectivity index (χ4n) is 3.53. The van der Waals surface area contributed by atoms with Crippen LogP contribution in [0.3, 0.4) is 0 Å². The maximum atomic E-state index is 12.3. The van der Waals surface area contributed by atoms with Gasteiger partial charge in [-0.1, -0.05) is 13.8 Å². The Kier molecular flexibility index (Phi) is 4.72. The van der Waals surface area contributed by atoms with Crippen molar-refractivity contribution in [2.45, 2.75) is 39.2 Å². The molecule has 26 heavy (non-hydrogen) atoms. The molecule has 6 nitrogen and oxygen atoms in total. The number of fused-ring (bicyclic) bond motifs is 1. The second-order valence-corrected chi connectivity index (χ2v) is 8.12. The highest BCUT2D eigenvalue weighted by Crippen LogP contribution is 2.30. The van der Waals surface area contributed by atoms with Gasteiger partial charge in [0.05, 0.1) is 17.4 Å². The van der Waals surface area contributed by atoms with Gasteiger partial charge < -0.3 is 4.90 Å². The average Bonchev–Trinajstić information content (AvgIpc) is 3.13. The van der Waals surface area contributed by atoms with Crippen molar-refractivity contribution in [1.29, 1.82) is 0 Å². The van der Waals surface area contributed by atoms with Gasteiger partial charge in [-0.2, -0.15) is 0 Å². The first-order valence-electron chi connectivity index (χ1n) is 9.11. The lowest BCUT2D eigenvalue weighted by molar-refractivity contribution is 0.350. The van der Waals surface area contributed by atoms with Crippen molar-refractivity contribution >= 4 is 27.4 Å². The lowest BCUT2D eigenvalue weighted by Gasteiger charge is -2.33. The maximum absolute atomic E-state index is 12.3. The molecule has 4 heterocycles. The third kappa shape index (κ3) is 3.35. The minimum Gasteiger partial charge on any atom is -0.356 e. The summed E-state index contributed by atoms with van der Waals surface area (Å²) in [6.45, 7) is 6.77. The molecule has 0 saturated carbocycles. The zero-order valence-electron chi connectivity index (χ0n) is 15.1. The van der Waals surface area contributed by atoms with E-state index in [0.29, 0.717) is 5.92 Å².